The largest absolute Gasteiger partial charge is 0.372 e. The number of amides is 2. The van der Waals surface area contributed by atoms with E-state index >= 15 is 0 Å². The molecule has 4 rings (SSSR count). The van der Waals surface area contributed by atoms with E-state index in [1.165, 1.54) is 31.4 Å². The molecule has 0 aliphatic carbocycles. The number of nitrogens with zero attached hydrogens (tertiary/aromatic N) is 2. The van der Waals surface area contributed by atoms with Gasteiger partial charge in [0.25, 0.3) is 0 Å². The van der Waals surface area contributed by atoms with E-state index in [0.29, 0.717) is 13.0 Å². The highest BCUT2D eigenvalue weighted by Crippen LogP contribution is 2.23. The van der Waals surface area contributed by atoms with Crippen LogP contribution in [0.5, 0.6) is 0 Å². The maximum atomic E-state index is 12.9. The summed E-state index contributed by atoms with van der Waals surface area (Å²) in [5, 5.41) is 3.07. The van der Waals surface area contributed by atoms with Gasteiger partial charge in [-0.15, -0.1) is 0 Å². The van der Waals surface area contributed by atoms with Gasteiger partial charge in [0.2, 0.25) is 11.8 Å². The summed E-state index contributed by atoms with van der Waals surface area (Å²) in [5.41, 5.74) is 3.08. The van der Waals surface area contributed by atoms with Crippen LogP contribution in [0.2, 0.25) is 0 Å². The third-order valence-corrected chi connectivity index (χ3v) is 6.45. The summed E-state index contributed by atoms with van der Waals surface area (Å²) < 4.78 is 0. The van der Waals surface area contributed by atoms with Crippen molar-refractivity contribution < 1.29 is 9.59 Å². The standard InChI is InChI=1S/C26H33N3O2/c30-25(19-21-9-4-3-5-10-21)29-18-8-11-22(20-29)26(31)27-23-12-14-24(15-13-23)28-16-6-1-2-7-17-28/h3-5,9-10,12-15,22H,1-2,6-8,11,16-20H2,(H,27,31). The van der Waals surface area contributed by atoms with Gasteiger partial charge in [-0.3, -0.25) is 9.59 Å². The third kappa shape index (κ3) is 5.87. The summed E-state index contributed by atoms with van der Waals surface area (Å²) in [7, 11) is 0. The number of benzene rings is 2. The number of piperidine rings is 1. The molecule has 2 saturated heterocycles. The van der Waals surface area contributed by atoms with Crippen LogP contribution in [0.25, 0.3) is 0 Å². The molecule has 1 N–H and O–H groups in total. The van der Waals surface area contributed by atoms with E-state index < -0.39 is 0 Å². The second kappa shape index (κ2) is 10.5. The van der Waals surface area contributed by atoms with Gasteiger partial charge in [-0.2, -0.15) is 0 Å². The Morgan fingerprint density at radius 2 is 1.55 bits per heavy atom. The van der Waals surface area contributed by atoms with E-state index in [1.54, 1.807) is 0 Å². The fraction of sp³-hybridized carbons (Fsp3) is 0.462. The average molecular weight is 420 g/mol. The van der Waals surface area contributed by atoms with Crippen LogP contribution < -0.4 is 10.2 Å². The summed E-state index contributed by atoms with van der Waals surface area (Å²) >= 11 is 0. The molecular formula is C26H33N3O2. The number of rotatable bonds is 5. The number of anilines is 2. The van der Waals surface area contributed by atoms with E-state index in [2.05, 4.69) is 22.3 Å². The topological polar surface area (TPSA) is 52.7 Å². The molecule has 164 valence electrons. The van der Waals surface area contributed by atoms with Gasteiger partial charge in [0.05, 0.1) is 12.3 Å². The van der Waals surface area contributed by atoms with Crippen LogP contribution in [0.4, 0.5) is 11.4 Å². The molecule has 2 aromatic carbocycles. The molecule has 0 aromatic heterocycles. The normalized spacial score (nSPS) is 19.5. The van der Waals surface area contributed by atoms with Crippen LogP contribution in [-0.2, 0) is 16.0 Å². The number of hydrogen-bond donors (Lipinski definition) is 1. The molecule has 2 heterocycles. The Labute approximate surface area is 185 Å². The van der Waals surface area contributed by atoms with Crippen molar-refractivity contribution in [3.8, 4) is 0 Å². The van der Waals surface area contributed by atoms with Gasteiger partial charge >= 0.3 is 0 Å². The Balaban J connectivity index is 1.31. The smallest absolute Gasteiger partial charge is 0.229 e. The Morgan fingerprint density at radius 1 is 0.839 bits per heavy atom. The summed E-state index contributed by atoms with van der Waals surface area (Å²) in [6.07, 6.45) is 7.22. The molecule has 0 radical (unpaired) electrons. The molecule has 1 atom stereocenters. The van der Waals surface area contributed by atoms with Gasteiger partial charge in [-0.05, 0) is 55.5 Å². The first kappa shape index (κ1) is 21.4. The lowest BCUT2D eigenvalue weighted by molar-refractivity contribution is -0.133. The number of hydrogen-bond acceptors (Lipinski definition) is 3. The highest BCUT2D eigenvalue weighted by molar-refractivity contribution is 5.93. The van der Waals surface area contributed by atoms with E-state index in [0.717, 1.165) is 43.7 Å². The predicted octanol–water partition coefficient (Wildman–Crippen LogP) is 4.49. The van der Waals surface area contributed by atoms with Crippen molar-refractivity contribution in [2.24, 2.45) is 5.92 Å². The SMILES string of the molecule is O=C(Nc1ccc(N2CCCCCC2)cc1)C1CCCN(C(=O)Cc2ccccc2)C1. The molecular weight excluding hydrogens is 386 g/mol. The molecule has 0 bridgehead atoms. The number of likely N-dealkylation sites (tertiary alicyclic amines) is 1. The molecule has 0 saturated carbocycles. The Hall–Kier alpha value is -2.82. The molecule has 1 unspecified atom stereocenters. The minimum atomic E-state index is -0.154. The van der Waals surface area contributed by atoms with E-state index in [4.69, 9.17) is 0 Å². The van der Waals surface area contributed by atoms with Gasteiger partial charge in [-0.25, -0.2) is 0 Å². The van der Waals surface area contributed by atoms with E-state index in [1.807, 2.05) is 47.4 Å². The molecule has 2 aromatic rings. The lowest BCUT2D eigenvalue weighted by Gasteiger charge is -2.32. The van der Waals surface area contributed by atoms with Crippen LogP contribution in [0.3, 0.4) is 0 Å². The molecule has 0 spiro atoms. The van der Waals surface area contributed by atoms with Crippen molar-refractivity contribution in [3.63, 3.8) is 0 Å². The second-order valence-electron chi connectivity index (χ2n) is 8.78. The first-order valence-electron chi connectivity index (χ1n) is 11.7. The van der Waals surface area contributed by atoms with Crippen LogP contribution in [0.1, 0.15) is 44.1 Å². The minimum absolute atomic E-state index is 0.0136. The number of nitrogens with one attached hydrogen (secondary N) is 1. The lowest BCUT2D eigenvalue weighted by Crippen LogP contribution is -2.44. The van der Waals surface area contributed by atoms with Crippen LogP contribution in [0, 0.1) is 5.92 Å². The number of carbonyl (C=O) groups is 2. The van der Waals surface area contributed by atoms with Crippen molar-refractivity contribution in [2.45, 2.75) is 44.9 Å². The van der Waals surface area contributed by atoms with Crippen molar-refractivity contribution in [2.75, 3.05) is 36.4 Å². The van der Waals surface area contributed by atoms with Gasteiger partial charge in [0.15, 0.2) is 0 Å². The van der Waals surface area contributed by atoms with Crippen molar-refractivity contribution >= 4 is 23.2 Å². The van der Waals surface area contributed by atoms with Crippen molar-refractivity contribution in [1.82, 2.24) is 4.90 Å². The summed E-state index contributed by atoms with van der Waals surface area (Å²) in [6, 6.07) is 18.0. The quantitative estimate of drug-likeness (QED) is 0.777. The highest BCUT2D eigenvalue weighted by Gasteiger charge is 2.28. The van der Waals surface area contributed by atoms with Crippen LogP contribution in [-0.4, -0.2) is 42.9 Å². The minimum Gasteiger partial charge on any atom is -0.372 e. The lowest BCUT2D eigenvalue weighted by atomic mass is 9.96. The zero-order valence-electron chi connectivity index (χ0n) is 18.3. The predicted molar refractivity (Wildman–Crippen MR) is 125 cm³/mol. The molecule has 2 aliphatic rings. The first-order chi connectivity index (χ1) is 15.2. The first-order valence-corrected chi connectivity index (χ1v) is 11.7. The van der Waals surface area contributed by atoms with E-state index in [-0.39, 0.29) is 17.7 Å². The third-order valence-electron chi connectivity index (χ3n) is 6.45. The van der Waals surface area contributed by atoms with Crippen LogP contribution >= 0.6 is 0 Å². The zero-order chi connectivity index (χ0) is 21.5. The molecule has 2 amide bonds. The van der Waals surface area contributed by atoms with E-state index in [9.17, 15) is 9.59 Å². The summed E-state index contributed by atoms with van der Waals surface area (Å²) in [6.45, 7) is 3.46. The summed E-state index contributed by atoms with van der Waals surface area (Å²) in [5.74, 6) is -0.0380. The van der Waals surface area contributed by atoms with Gasteiger partial charge < -0.3 is 15.1 Å². The van der Waals surface area contributed by atoms with Gasteiger partial charge in [0, 0.05) is 37.6 Å². The maximum Gasteiger partial charge on any atom is 0.229 e. The van der Waals surface area contributed by atoms with Gasteiger partial charge in [0.1, 0.15) is 0 Å². The molecule has 5 heteroatoms. The molecule has 31 heavy (non-hydrogen) atoms. The molecule has 2 fully saturated rings. The fourth-order valence-electron chi connectivity index (χ4n) is 4.63. The Kier molecular flexibility index (Phi) is 7.23. The zero-order valence-corrected chi connectivity index (χ0v) is 18.3. The monoisotopic (exact) mass is 419 g/mol. The Bertz CT molecular complexity index is 858. The average Bonchev–Trinajstić information content (AvgIpc) is 3.10. The maximum absolute atomic E-state index is 12.9. The molecule has 2 aliphatic heterocycles. The Morgan fingerprint density at radius 3 is 2.26 bits per heavy atom. The van der Waals surface area contributed by atoms with Gasteiger partial charge in [-0.1, -0.05) is 43.2 Å². The summed E-state index contributed by atoms with van der Waals surface area (Å²) in [4.78, 5) is 29.9. The van der Waals surface area contributed by atoms with Crippen molar-refractivity contribution in [1.29, 1.82) is 0 Å². The number of carbonyl (C=O) groups excluding carboxylic acids is 2. The van der Waals surface area contributed by atoms with Crippen LogP contribution in [0.15, 0.2) is 54.6 Å². The molecule has 5 nitrogen and oxygen atoms in total. The van der Waals surface area contributed by atoms with Crippen molar-refractivity contribution in [3.05, 3.63) is 60.2 Å². The highest BCUT2D eigenvalue weighted by atomic mass is 16.2. The second-order valence-corrected chi connectivity index (χ2v) is 8.78. The fourth-order valence-corrected chi connectivity index (χ4v) is 4.63.